The van der Waals surface area contributed by atoms with Gasteiger partial charge in [0.15, 0.2) is 0 Å². The van der Waals surface area contributed by atoms with Crippen molar-refractivity contribution in [3.63, 3.8) is 0 Å². The summed E-state index contributed by atoms with van der Waals surface area (Å²) in [7, 11) is 0. The fraction of sp³-hybridized carbons (Fsp3) is 0.462. The fourth-order valence-corrected chi connectivity index (χ4v) is 2.48. The zero-order valence-electron chi connectivity index (χ0n) is 10.8. The van der Waals surface area contributed by atoms with E-state index < -0.39 is 27.9 Å². The summed E-state index contributed by atoms with van der Waals surface area (Å²) in [5.74, 6) is -1.60. The number of nitrogens with one attached hydrogen (secondary N) is 1. The molecule has 0 bridgehead atoms. The molecule has 0 spiro atoms. The van der Waals surface area contributed by atoms with Gasteiger partial charge in [0.1, 0.15) is 5.82 Å². The van der Waals surface area contributed by atoms with Crippen molar-refractivity contribution in [2.24, 2.45) is 0 Å². The molecule has 0 heterocycles. The topological polar surface area (TPSA) is 92.5 Å². The normalized spacial score (nSPS) is 16.9. The number of aliphatic hydroxyl groups is 1. The number of halogens is 1. The minimum absolute atomic E-state index is 0.201. The molecule has 1 aromatic carbocycles. The van der Waals surface area contributed by atoms with Crippen LogP contribution < -0.4 is 5.32 Å². The van der Waals surface area contributed by atoms with Gasteiger partial charge in [0, 0.05) is 6.07 Å². The number of aliphatic hydroxyl groups excluding tert-OH is 1. The highest BCUT2D eigenvalue weighted by atomic mass is 19.1. The number of nitro groups is 1. The van der Waals surface area contributed by atoms with Crippen LogP contribution in [0.25, 0.3) is 0 Å². The Balaban J connectivity index is 2.19. The minimum atomic E-state index is -0.942. The molecule has 2 N–H and O–H groups in total. The highest BCUT2D eigenvalue weighted by Gasteiger charge is 2.35. The maximum Gasteiger partial charge on any atom is 0.272 e. The van der Waals surface area contributed by atoms with Gasteiger partial charge >= 0.3 is 0 Å². The fourth-order valence-electron chi connectivity index (χ4n) is 2.48. The minimum Gasteiger partial charge on any atom is -0.394 e. The lowest BCUT2D eigenvalue weighted by Gasteiger charge is -2.28. The van der Waals surface area contributed by atoms with E-state index >= 15 is 0 Å². The Morgan fingerprint density at radius 3 is 2.60 bits per heavy atom. The van der Waals surface area contributed by atoms with Crippen LogP contribution in [0.2, 0.25) is 0 Å². The van der Waals surface area contributed by atoms with E-state index in [1.807, 2.05) is 0 Å². The van der Waals surface area contributed by atoms with Crippen molar-refractivity contribution in [2.75, 3.05) is 6.61 Å². The number of hydrogen-bond acceptors (Lipinski definition) is 4. The molecular weight excluding hydrogens is 267 g/mol. The van der Waals surface area contributed by atoms with E-state index in [1.54, 1.807) is 0 Å². The van der Waals surface area contributed by atoms with Gasteiger partial charge in [0.2, 0.25) is 0 Å². The van der Waals surface area contributed by atoms with Crippen LogP contribution in [0, 0.1) is 15.9 Å². The molecule has 20 heavy (non-hydrogen) atoms. The van der Waals surface area contributed by atoms with Crippen LogP contribution in [0.1, 0.15) is 36.0 Å². The van der Waals surface area contributed by atoms with Crippen molar-refractivity contribution in [3.05, 3.63) is 39.7 Å². The first-order valence-electron chi connectivity index (χ1n) is 6.35. The van der Waals surface area contributed by atoms with Crippen molar-refractivity contribution >= 4 is 11.6 Å². The highest BCUT2D eigenvalue weighted by molar-refractivity contribution is 5.95. The molecule has 1 saturated carbocycles. The van der Waals surface area contributed by atoms with Gasteiger partial charge in [-0.2, -0.15) is 0 Å². The predicted molar refractivity (Wildman–Crippen MR) is 68.8 cm³/mol. The molecule has 6 nitrogen and oxygen atoms in total. The second-order valence-corrected chi connectivity index (χ2v) is 5.02. The third-order valence-electron chi connectivity index (χ3n) is 3.65. The number of hydrogen-bond donors (Lipinski definition) is 2. The SMILES string of the molecule is O=C(NC1(CO)CCCC1)c1ccc([N+](=O)[O-])cc1F. The first-order valence-corrected chi connectivity index (χ1v) is 6.35. The van der Waals surface area contributed by atoms with Crippen LogP contribution in [-0.2, 0) is 0 Å². The Morgan fingerprint density at radius 2 is 2.10 bits per heavy atom. The maximum atomic E-state index is 13.7. The number of amides is 1. The summed E-state index contributed by atoms with van der Waals surface area (Å²) in [6.45, 7) is -0.201. The molecule has 0 aromatic heterocycles. The van der Waals surface area contributed by atoms with E-state index in [2.05, 4.69) is 5.32 Å². The predicted octanol–water partition coefficient (Wildman–Crippen LogP) is 1.77. The van der Waals surface area contributed by atoms with Gasteiger partial charge in [-0.1, -0.05) is 12.8 Å². The van der Waals surface area contributed by atoms with Gasteiger partial charge in [0.05, 0.1) is 28.7 Å². The summed E-state index contributed by atoms with van der Waals surface area (Å²) in [6, 6.07) is 2.89. The van der Waals surface area contributed by atoms with Crippen molar-refractivity contribution in [2.45, 2.75) is 31.2 Å². The lowest BCUT2D eigenvalue weighted by atomic mass is 9.98. The van der Waals surface area contributed by atoms with Crippen LogP contribution in [-0.4, -0.2) is 28.1 Å². The van der Waals surface area contributed by atoms with Gasteiger partial charge in [-0.25, -0.2) is 4.39 Å². The van der Waals surface area contributed by atoms with Crippen LogP contribution in [0.5, 0.6) is 0 Å². The average molecular weight is 282 g/mol. The van der Waals surface area contributed by atoms with Crippen LogP contribution >= 0.6 is 0 Å². The first kappa shape index (κ1) is 14.4. The van der Waals surface area contributed by atoms with Gasteiger partial charge in [-0.3, -0.25) is 14.9 Å². The third kappa shape index (κ3) is 2.77. The second-order valence-electron chi connectivity index (χ2n) is 5.02. The van der Waals surface area contributed by atoms with Gasteiger partial charge in [-0.15, -0.1) is 0 Å². The summed E-state index contributed by atoms with van der Waals surface area (Å²) in [5.41, 5.74) is -1.36. The second kappa shape index (κ2) is 5.54. The number of carbonyl (C=O) groups excluding carboxylic acids is 1. The molecule has 0 saturated heterocycles. The Kier molecular flexibility index (Phi) is 3.99. The van der Waals surface area contributed by atoms with Crippen molar-refractivity contribution in [3.8, 4) is 0 Å². The molecule has 0 aliphatic heterocycles. The van der Waals surface area contributed by atoms with Crippen molar-refractivity contribution < 1.29 is 19.2 Å². The zero-order chi connectivity index (χ0) is 14.8. The Bertz CT molecular complexity index is 541. The molecule has 1 amide bonds. The Labute approximate surface area is 114 Å². The number of carbonyl (C=O) groups is 1. The van der Waals surface area contributed by atoms with E-state index in [0.717, 1.165) is 31.0 Å². The summed E-state index contributed by atoms with van der Waals surface area (Å²) in [4.78, 5) is 21.8. The van der Waals surface area contributed by atoms with Gasteiger partial charge in [-0.05, 0) is 18.9 Å². The third-order valence-corrected chi connectivity index (χ3v) is 3.65. The molecule has 1 fully saturated rings. The number of non-ortho nitro benzene ring substituents is 1. The molecule has 1 aliphatic rings. The number of nitro benzene ring substituents is 1. The lowest BCUT2D eigenvalue weighted by Crippen LogP contribution is -2.49. The Morgan fingerprint density at radius 1 is 1.45 bits per heavy atom. The summed E-state index contributed by atoms with van der Waals surface area (Å²) >= 11 is 0. The highest BCUT2D eigenvalue weighted by Crippen LogP contribution is 2.29. The van der Waals surface area contributed by atoms with Crippen LogP contribution in [0.3, 0.4) is 0 Å². The number of rotatable bonds is 4. The maximum absolute atomic E-state index is 13.7. The van der Waals surface area contributed by atoms with E-state index in [4.69, 9.17) is 0 Å². The quantitative estimate of drug-likeness (QED) is 0.650. The number of nitrogens with zero attached hydrogens (tertiary/aromatic N) is 1. The van der Waals surface area contributed by atoms with Gasteiger partial charge < -0.3 is 10.4 Å². The van der Waals surface area contributed by atoms with Crippen molar-refractivity contribution in [1.29, 1.82) is 0 Å². The van der Waals surface area contributed by atoms with Crippen LogP contribution in [0.15, 0.2) is 18.2 Å². The first-order chi connectivity index (χ1) is 9.47. The molecule has 1 aliphatic carbocycles. The van der Waals surface area contributed by atoms with Crippen molar-refractivity contribution in [1.82, 2.24) is 5.32 Å². The van der Waals surface area contributed by atoms with E-state index in [9.17, 15) is 24.4 Å². The van der Waals surface area contributed by atoms with E-state index in [-0.39, 0.29) is 12.2 Å². The average Bonchev–Trinajstić information content (AvgIpc) is 2.87. The summed E-state index contributed by atoms with van der Waals surface area (Å²) in [5, 5.41) is 22.6. The summed E-state index contributed by atoms with van der Waals surface area (Å²) < 4.78 is 13.7. The molecule has 2 rings (SSSR count). The van der Waals surface area contributed by atoms with Crippen LogP contribution in [0.4, 0.5) is 10.1 Å². The molecule has 7 heteroatoms. The van der Waals surface area contributed by atoms with E-state index in [1.165, 1.54) is 0 Å². The molecule has 1 aromatic rings. The Hall–Kier alpha value is -2.02. The number of benzene rings is 1. The van der Waals surface area contributed by atoms with E-state index in [0.29, 0.717) is 12.8 Å². The smallest absolute Gasteiger partial charge is 0.272 e. The summed E-state index contributed by atoms with van der Waals surface area (Å²) in [6.07, 6.45) is 3.07. The molecular formula is C13H15FN2O4. The standard InChI is InChI=1S/C13H15FN2O4/c14-11-7-9(16(19)20)3-4-10(11)12(18)15-13(8-17)5-1-2-6-13/h3-4,7,17H,1-2,5-6,8H2,(H,15,18). The lowest BCUT2D eigenvalue weighted by molar-refractivity contribution is -0.385. The molecule has 0 atom stereocenters. The van der Waals surface area contributed by atoms with Gasteiger partial charge in [0.25, 0.3) is 11.6 Å². The zero-order valence-corrected chi connectivity index (χ0v) is 10.8. The molecule has 0 unspecified atom stereocenters. The molecule has 108 valence electrons. The molecule has 0 radical (unpaired) electrons. The monoisotopic (exact) mass is 282 g/mol. The largest absolute Gasteiger partial charge is 0.394 e.